The van der Waals surface area contributed by atoms with E-state index in [9.17, 15) is 10.2 Å². The van der Waals surface area contributed by atoms with Crippen molar-refractivity contribution in [2.75, 3.05) is 19.6 Å². The molecular formula is C9H19NO2. The molecule has 0 amide bonds. The quantitative estimate of drug-likeness (QED) is 0.641. The normalized spacial score (nSPS) is 30.5. The fraction of sp³-hybridized carbons (Fsp3) is 1.00. The molecule has 2 N–H and O–H groups in total. The smallest absolute Gasteiger partial charge is 0.0743 e. The molecule has 72 valence electrons. The zero-order valence-electron chi connectivity index (χ0n) is 7.95. The molecule has 1 rings (SSSR count). The third-order valence-electron chi connectivity index (χ3n) is 2.57. The van der Waals surface area contributed by atoms with Crippen molar-refractivity contribution in [3.05, 3.63) is 0 Å². The standard InChI is InChI=1S/C9H19NO2/c1-3-9(2,12)7-10-5-4-8(11)6-10/h8,11-12H,3-7H2,1-2H3/t8-,9?/m0/s1. The molecule has 0 radical (unpaired) electrons. The van der Waals surface area contributed by atoms with Gasteiger partial charge in [-0.25, -0.2) is 0 Å². The van der Waals surface area contributed by atoms with Crippen molar-refractivity contribution in [1.29, 1.82) is 0 Å². The number of aliphatic hydroxyl groups is 2. The van der Waals surface area contributed by atoms with E-state index in [-0.39, 0.29) is 6.10 Å². The Bertz CT molecular complexity index is 147. The van der Waals surface area contributed by atoms with Crippen LogP contribution in [0.25, 0.3) is 0 Å². The fourth-order valence-corrected chi connectivity index (χ4v) is 1.55. The van der Waals surface area contributed by atoms with E-state index in [0.29, 0.717) is 6.54 Å². The van der Waals surface area contributed by atoms with Gasteiger partial charge in [-0.3, -0.25) is 4.90 Å². The van der Waals surface area contributed by atoms with E-state index in [1.807, 2.05) is 13.8 Å². The molecule has 1 aliphatic rings. The maximum Gasteiger partial charge on any atom is 0.0743 e. The second-order valence-electron chi connectivity index (χ2n) is 4.03. The molecule has 0 aromatic carbocycles. The molecule has 1 fully saturated rings. The van der Waals surface area contributed by atoms with E-state index in [1.54, 1.807) is 0 Å². The first kappa shape index (κ1) is 9.96. The minimum absolute atomic E-state index is 0.183. The number of nitrogens with zero attached hydrogens (tertiary/aromatic N) is 1. The first-order valence-corrected chi connectivity index (χ1v) is 4.66. The lowest BCUT2D eigenvalue weighted by Gasteiger charge is -2.27. The number of hydrogen-bond acceptors (Lipinski definition) is 3. The Hall–Kier alpha value is -0.120. The average molecular weight is 173 g/mol. The molecule has 0 aromatic rings. The Labute approximate surface area is 74.0 Å². The highest BCUT2D eigenvalue weighted by atomic mass is 16.3. The van der Waals surface area contributed by atoms with Gasteiger partial charge in [-0.1, -0.05) is 6.92 Å². The first-order valence-electron chi connectivity index (χ1n) is 4.66. The molecule has 0 aromatic heterocycles. The van der Waals surface area contributed by atoms with Crippen LogP contribution in [0.2, 0.25) is 0 Å². The van der Waals surface area contributed by atoms with Crippen molar-refractivity contribution >= 4 is 0 Å². The molecule has 12 heavy (non-hydrogen) atoms. The molecule has 1 aliphatic heterocycles. The average Bonchev–Trinajstić information content (AvgIpc) is 2.35. The van der Waals surface area contributed by atoms with Gasteiger partial charge < -0.3 is 10.2 Å². The third-order valence-corrected chi connectivity index (χ3v) is 2.57. The zero-order valence-corrected chi connectivity index (χ0v) is 7.95. The summed E-state index contributed by atoms with van der Waals surface area (Å²) in [6.07, 6.45) is 1.43. The maximum absolute atomic E-state index is 9.75. The highest BCUT2D eigenvalue weighted by molar-refractivity contribution is 4.81. The van der Waals surface area contributed by atoms with Crippen LogP contribution in [0.15, 0.2) is 0 Å². The Morgan fingerprint density at radius 3 is 2.67 bits per heavy atom. The molecule has 1 heterocycles. The fourth-order valence-electron chi connectivity index (χ4n) is 1.55. The third kappa shape index (κ3) is 2.73. The minimum atomic E-state index is -0.593. The summed E-state index contributed by atoms with van der Waals surface area (Å²) in [4.78, 5) is 2.12. The van der Waals surface area contributed by atoms with Crippen molar-refractivity contribution in [1.82, 2.24) is 4.90 Å². The van der Waals surface area contributed by atoms with Gasteiger partial charge in [0.2, 0.25) is 0 Å². The van der Waals surface area contributed by atoms with Crippen molar-refractivity contribution in [2.24, 2.45) is 0 Å². The van der Waals surface area contributed by atoms with E-state index in [0.717, 1.165) is 25.9 Å². The van der Waals surface area contributed by atoms with Gasteiger partial charge in [-0.15, -0.1) is 0 Å². The number of hydrogen-bond donors (Lipinski definition) is 2. The van der Waals surface area contributed by atoms with Crippen LogP contribution < -0.4 is 0 Å². The van der Waals surface area contributed by atoms with Crippen LogP contribution in [0.1, 0.15) is 26.7 Å². The number of rotatable bonds is 3. The van der Waals surface area contributed by atoms with Gasteiger partial charge in [0.1, 0.15) is 0 Å². The van der Waals surface area contributed by atoms with Crippen LogP contribution in [-0.4, -0.2) is 46.5 Å². The number of aliphatic hydroxyl groups excluding tert-OH is 1. The highest BCUT2D eigenvalue weighted by Crippen LogP contribution is 2.15. The van der Waals surface area contributed by atoms with E-state index in [1.165, 1.54) is 0 Å². The molecule has 2 atom stereocenters. The highest BCUT2D eigenvalue weighted by Gasteiger charge is 2.27. The Kier molecular flexibility index (Phi) is 3.09. The van der Waals surface area contributed by atoms with E-state index in [2.05, 4.69) is 4.90 Å². The van der Waals surface area contributed by atoms with Crippen LogP contribution in [0.4, 0.5) is 0 Å². The summed E-state index contributed by atoms with van der Waals surface area (Å²) in [5.41, 5.74) is -0.593. The molecule has 0 spiro atoms. The second-order valence-corrected chi connectivity index (χ2v) is 4.03. The molecule has 1 saturated heterocycles. The van der Waals surface area contributed by atoms with Gasteiger partial charge in [-0.2, -0.15) is 0 Å². The SMILES string of the molecule is CCC(C)(O)CN1CC[C@H](O)C1. The van der Waals surface area contributed by atoms with Gasteiger partial charge in [-0.05, 0) is 19.8 Å². The Morgan fingerprint density at radius 2 is 2.25 bits per heavy atom. The predicted octanol–water partition coefficient (Wildman–Crippen LogP) is 0.214. The molecule has 1 unspecified atom stereocenters. The summed E-state index contributed by atoms with van der Waals surface area (Å²) in [6.45, 7) is 6.14. The van der Waals surface area contributed by atoms with Gasteiger partial charge in [0.25, 0.3) is 0 Å². The summed E-state index contributed by atoms with van der Waals surface area (Å²) >= 11 is 0. The van der Waals surface area contributed by atoms with Crippen molar-refractivity contribution < 1.29 is 10.2 Å². The lowest BCUT2D eigenvalue weighted by molar-refractivity contribution is 0.0198. The molecule has 0 bridgehead atoms. The van der Waals surface area contributed by atoms with Crippen LogP contribution in [0.5, 0.6) is 0 Å². The second kappa shape index (κ2) is 3.73. The summed E-state index contributed by atoms with van der Waals surface area (Å²) in [5.74, 6) is 0. The summed E-state index contributed by atoms with van der Waals surface area (Å²) in [7, 11) is 0. The molecule has 0 saturated carbocycles. The topological polar surface area (TPSA) is 43.7 Å². The van der Waals surface area contributed by atoms with E-state index < -0.39 is 5.60 Å². The van der Waals surface area contributed by atoms with Crippen molar-refractivity contribution in [2.45, 2.75) is 38.4 Å². The molecule has 3 nitrogen and oxygen atoms in total. The van der Waals surface area contributed by atoms with Crippen LogP contribution >= 0.6 is 0 Å². The zero-order chi connectivity index (χ0) is 9.19. The molecule has 0 aliphatic carbocycles. The Balaban J connectivity index is 2.32. The van der Waals surface area contributed by atoms with Gasteiger partial charge in [0, 0.05) is 19.6 Å². The monoisotopic (exact) mass is 173 g/mol. The number of likely N-dealkylation sites (tertiary alicyclic amines) is 1. The lowest BCUT2D eigenvalue weighted by Crippen LogP contribution is -2.39. The minimum Gasteiger partial charge on any atom is -0.392 e. The number of β-amino-alcohol motifs (C(OH)–C–C–N with tert-alkyl or cyclic N) is 2. The largest absolute Gasteiger partial charge is 0.392 e. The maximum atomic E-state index is 9.75. The van der Waals surface area contributed by atoms with Crippen molar-refractivity contribution in [3.8, 4) is 0 Å². The van der Waals surface area contributed by atoms with E-state index >= 15 is 0 Å². The summed E-state index contributed by atoms with van der Waals surface area (Å²) < 4.78 is 0. The predicted molar refractivity (Wildman–Crippen MR) is 48.0 cm³/mol. The van der Waals surface area contributed by atoms with Crippen molar-refractivity contribution in [3.63, 3.8) is 0 Å². The Morgan fingerprint density at radius 1 is 1.58 bits per heavy atom. The van der Waals surface area contributed by atoms with Gasteiger partial charge in [0.05, 0.1) is 11.7 Å². The van der Waals surface area contributed by atoms with Gasteiger partial charge >= 0.3 is 0 Å². The van der Waals surface area contributed by atoms with E-state index in [4.69, 9.17) is 0 Å². The first-order chi connectivity index (χ1) is 5.53. The molecule has 3 heteroatoms. The van der Waals surface area contributed by atoms with Crippen LogP contribution in [0.3, 0.4) is 0 Å². The van der Waals surface area contributed by atoms with Crippen LogP contribution in [0, 0.1) is 0 Å². The molecular weight excluding hydrogens is 154 g/mol. The van der Waals surface area contributed by atoms with Crippen LogP contribution in [-0.2, 0) is 0 Å². The summed E-state index contributed by atoms with van der Waals surface area (Å²) in [5, 5.41) is 19.0. The summed E-state index contributed by atoms with van der Waals surface area (Å²) in [6, 6.07) is 0. The van der Waals surface area contributed by atoms with Gasteiger partial charge in [0.15, 0.2) is 0 Å². The lowest BCUT2D eigenvalue weighted by atomic mass is 10.0.